The second kappa shape index (κ2) is 19.2. The summed E-state index contributed by atoms with van der Waals surface area (Å²) in [5.41, 5.74) is 2.57. The van der Waals surface area contributed by atoms with E-state index in [1.165, 1.54) is 13.2 Å². The van der Waals surface area contributed by atoms with Crippen LogP contribution < -0.4 is 14.9 Å². The fourth-order valence-corrected chi connectivity index (χ4v) is 10.6. The number of hydrogen-bond donors (Lipinski definition) is 3. The molecule has 0 bridgehead atoms. The van der Waals surface area contributed by atoms with Crippen LogP contribution in [0.25, 0.3) is 22.2 Å². The maximum atomic E-state index is 15.6. The van der Waals surface area contributed by atoms with Gasteiger partial charge in [-0.1, -0.05) is 37.3 Å². The SMILES string of the molecule is CCN(C)S(=O)(=O)Nc1ccc(F)c(C(=O)c2c[nH]c3ncc(-c4ccc(CN5CCN(C(=O)CCC6CCN(c7cccc8c7C(=O)N(C7CCC(=O)NC7=O)C8=O)CC6)CC5)cc4)cc23)c1F. The summed E-state index contributed by atoms with van der Waals surface area (Å²) >= 11 is 0. The quantitative estimate of drug-likeness (QED) is 0.0988. The first-order valence-electron chi connectivity index (χ1n) is 23.0. The number of carbonyl (C=O) groups excluding carboxylic acids is 6. The third kappa shape index (κ3) is 9.35. The first-order valence-corrected chi connectivity index (χ1v) is 24.5. The van der Waals surface area contributed by atoms with E-state index in [9.17, 15) is 37.2 Å². The number of pyridine rings is 1. The molecule has 1 unspecified atom stereocenters. The Hall–Kier alpha value is -6.90. The van der Waals surface area contributed by atoms with Crippen LogP contribution in [-0.2, 0) is 31.1 Å². The molecule has 17 nitrogen and oxygen atoms in total. The number of amides is 5. The largest absolute Gasteiger partial charge is 0.371 e. The minimum atomic E-state index is -4.15. The van der Waals surface area contributed by atoms with Gasteiger partial charge in [0.2, 0.25) is 23.5 Å². The number of piperazine rings is 1. The third-order valence-corrected chi connectivity index (χ3v) is 15.3. The first kappa shape index (κ1) is 47.2. The number of H-pyrrole nitrogens is 1. The number of benzene rings is 3. The van der Waals surface area contributed by atoms with Gasteiger partial charge in [0.15, 0.2) is 5.82 Å². The van der Waals surface area contributed by atoms with Crippen molar-refractivity contribution >= 4 is 67.9 Å². The zero-order chi connectivity index (χ0) is 48.7. The molecule has 69 heavy (non-hydrogen) atoms. The number of carbonyl (C=O) groups is 6. The molecule has 0 aliphatic carbocycles. The minimum Gasteiger partial charge on any atom is -0.371 e. The van der Waals surface area contributed by atoms with Gasteiger partial charge in [-0.2, -0.15) is 12.7 Å². The molecule has 5 aromatic rings. The molecule has 6 heterocycles. The summed E-state index contributed by atoms with van der Waals surface area (Å²) in [5, 5.41) is 2.57. The Balaban J connectivity index is 0.753. The summed E-state index contributed by atoms with van der Waals surface area (Å²) in [6.07, 6.45) is 5.95. The maximum Gasteiger partial charge on any atom is 0.301 e. The predicted octanol–water partition coefficient (Wildman–Crippen LogP) is 5.09. The molecule has 3 aromatic carbocycles. The molecule has 0 saturated carbocycles. The van der Waals surface area contributed by atoms with Crippen LogP contribution in [0.2, 0.25) is 0 Å². The van der Waals surface area contributed by atoms with Crippen molar-refractivity contribution < 1.29 is 46.0 Å². The summed E-state index contributed by atoms with van der Waals surface area (Å²) in [6, 6.07) is 15.5. The molecular formula is C49H51F2N9O8S. The van der Waals surface area contributed by atoms with E-state index in [4.69, 9.17) is 0 Å². The molecule has 1 atom stereocenters. The van der Waals surface area contributed by atoms with Crippen LogP contribution in [0.5, 0.6) is 0 Å². The highest BCUT2D eigenvalue weighted by atomic mass is 32.2. The molecule has 9 rings (SSSR count). The first-order chi connectivity index (χ1) is 33.1. The number of nitrogens with zero attached hydrogens (tertiary/aromatic N) is 6. The highest BCUT2D eigenvalue weighted by molar-refractivity contribution is 7.90. The van der Waals surface area contributed by atoms with Crippen molar-refractivity contribution in [3.63, 3.8) is 0 Å². The van der Waals surface area contributed by atoms with Crippen molar-refractivity contribution in [1.82, 2.24) is 34.3 Å². The number of hydrogen-bond acceptors (Lipinski definition) is 11. The number of ketones is 1. The fourth-order valence-electron chi connectivity index (χ4n) is 9.64. The van der Waals surface area contributed by atoms with Gasteiger partial charge < -0.3 is 14.8 Å². The Morgan fingerprint density at radius 2 is 1.64 bits per heavy atom. The smallest absolute Gasteiger partial charge is 0.301 e. The monoisotopic (exact) mass is 963 g/mol. The molecule has 3 N–H and O–H groups in total. The molecule has 4 aliphatic rings. The second-order valence-corrected chi connectivity index (χ2v) is 19.7. The summed E-state index contributed by atoms with van der Waals surface area (Å²) in [6.45, 7) is 6.34. The molecule has 360 valence electrons. The molecule has 0 spiro atoms. The van der Waals surface area contributed by atoms with E-state index in [0.29, 0.717) is 86.0 Å². The lowest BCUT2D eigenvalue weighted by molar-refractivity contribution is -0.136. The van der Waals surface area contributed by atoms with E-state index in [-0.39, 0.29) is 36.4 Å². The van der Waals surface area contributed by atoms with E-state index in [2.05, 4.69) is 29.8 Å². The molecule has 0 radical (unpaired) electrons. The Labute approximate surface area is 397 Å². The van der Waals surface area contributed by atoms with Crippen LogP contribution in [0, 0.1) is 17.6 Å². The van der Waals surface area contributed by atoms with Crippen LogP contribution in [0.1, 0.15) is 87.6 Å². The number of anilines is 2. The van der Waals surface area contributed by atoms with E-state index in [1.54, 1.807) is 31.3 Å². The van der Waals surface area contributed by atoms with Crippen LogP contribution in [0.15, 0.2) is 73.1 Å². The molecule has 2 aromatic heterocycles. The van der Waals surface area contributed by atoms with Gasteiger partial charge in [-0.15, -0.1) is 0 Å². The topological polar surface area (TPSA) is 206 Å². The second-order valence-electron chi connectivity index (χ2n) is 17.9. The lowest BCUT2D eigenvalue weighted by atomic mass is 9.91. The van der Waals surface area contributed by atoms with Crippen molar-refractivity contribution in [2.75, 3.05) is 62.5 Å². The number of fused-ring (bicyclic) bond motifs is 2. The molecular weight excluding hydrogens is 913 g/mol. The van der Waals surface area contributed by atoms with Gasteiger partial charge in [0.25, 0.3) is 11.8 Å². The van der Waals surface area contributed by atoms with E-state index >= 15 is 8.78 Å². The zero-order valence-electron chi connectivity index (χ0n) is 38.1. The number of rotatable bonds is 14. The van der Waals surface area contributed by atoms with Gasteiger partial charge in [-0.3, -0.25) is 48.6 Å². The fraction of sp³-hybridized carbons (Fsp3) is 0.367. The summed E-state index contributed by atoms with van der Waals surface area (Å²) in [7, 11) is -2.85. The Bertz CT molecular complexity index is 3000. The van der Waals surface area contributed by atoms with E-state index in [1.807, 2.05) is 35.2 Å². The number of halogens is 2. The van der Waals surface area contributed by atoms with Crippen LogP contribution in [0.4, 0.5) is 20.2 Å². The lowest BCUT2D eigenvalue weighted by Gasteiger charge is -2.36. The van der Waals surface area contributed by atoms with Gasteiger partial charge in [-0.25, -0.2) is 13.8 Å². The van der Waals surface area contributed by atoms with Gasteiger partial charge in [0.05, 0.1) is 28.1 Å². The highest BCUT2D eigenvalue weighted by Gasteiger charge is 2.46. The van der Waals surface area contributed by atoms with Crippen molar-refractivity contribution in [3.05, 3.63) is 113 Å². The van der Waals surface area contributed by atoms with Crippen LogP contribution in [0.3, 0.4) is 0 Å². The van der Waals surface area contributed by atoms with Crippen LogP contribution >= 0.6 is 0 Å². The normalized spacial score (nSPS) is 18.3. The standard InChI is InChI=1S/C49H51F2N9O8S/c1-3-56(2)69(67,68)55-37-13-12-36(50)43(44(37)51)45(63)35-27-53-46-34(35)25-32(26-52-46)31-10-7-30(8-11-31)28-57-21-23-59(24-22-57)41(62)16-9-29-17-19-58(20-18-29)38-6-4-5-33-42(38)49(66)60(48(33)65)39-14-15-40(61)54-47(39)64/h4-8,10-13,25-27,29,39,55H,3,9,14-24,28H2,1-2H3,(H,52,53)(H,54,61,64). The van der Waals surface area contributed by atoms with E-state index in [0.717, 1.165) is 51.7 Å². The molecule has 3 saturated heterocycles. The Morgan fingerprint density at radius 1 is 0.899 bits per heavy atom. The molecule has 20 heteroatoms. The number of nitrogens with one attached hydrogen (secondary N) is 3. The third-order valence-electron chi connectivity index (χ3n) is 13.8. The molecule has 4 aliphatic heterocycles. The van der Waals surface area contributed by atoms with Crippen molar-refractivity contribution in [3.8, 4) is 11.1 Å². The Morgan fingerprint density at radius 3 is 2.35 bits per heavy atom. The Kier molecular flexibility index (Phi) is 13.2. The van der Waals surface area contributed by atoms with Gasteiger partial charge >= 0.3 is 10.2 Å². The van der Waals surface area contributed by atoms with Gasteiger partial charge in [0, 0.05) is 101 Å². The number of imide groups is 2. The number of aromatic nitrogens is 2. The highest BCUT2D eigenvalue weighted by Crippen LogP contribution is 2.37. The minimum absolute atomic E-state index is 0.0343. The molecule has 5 amide bonds. The van der Waals surface area contributed by atoms with Crippen LogP contribution in [-0.4, -0.2) is 132 Å². The van der Waals surface area contributed by atoms with Gasteiger partial charge in [-0.05, 0) is 73.1 Å². The zero-order valence-corrected chi connectivity index (χ0v) is 38.9. The van der Waals surface area contributed by atoms with E-state index < -0.39 is 68.5 Å². The van der Waals surface area contributed by atoms with Gasteiger partial charge in [0.1, 0.15) is 17.5 Å². The predicted molar refractivity (Wildman–Crippen MR) is 251 cm³/mol. The lowest BCUT2D eigenvalue weighted by Crippen LogP contribution is -2.54. The average Bonchev–Trinajstić information content (AvgIpc) is 3.89. The number of piperidine rings is 2. The average molecular weight is 964 g/mol. The maximum absolute atomic E-state index is 15.6. The molecule has 3 fully saturated rings. The van der Waals surface area contributed by atoms with Crippen molar-refractivity contribution in [2.45, 2.75) is 58.0 Å². The summed E-state index contributed by atoms with van der Waals surface area (Å²) in [5.74, 6) is -5.11. The summed E-state index contributed by atoms with van der Waals surface area (Å²) < 4.78 is 58.9. The number of aromatic amines is 1. The van der Waals surface area contributed by atoms with Crippen molar-refractivity contribution in [2.24, 2.45) is 5.92 Å². The summed E-state index contributed by atoms with van der Waals surface area (Å²) in [4.78, 5) is 92.9. The van der Waals surface area contributed by atoms with Crippen molar-refractivity contribution in [1.29, 1.82) is 0 Å².